The summed E-state index contributed by atoms with van der Waals surface area (Å²) in [7, 11) is -1.14. The minimum absolute atomic E-state index is 0.0725. The van der Waals surface area contributed by atoms with Crippen LogP contribution in [0.4, 0.5) is 11.4 Å². The zero-order valence-electron chi connectivity index (χ0n) is 18.9. The SMILES string of the molecule is COc1ccc(N(CC(=O)Nc2ccccc2SC)S(=O)(=O)c2ccc(C)cc2)c(OC)c1. The van der Waals surface area contributed by atoms with Crippen molar-refractivity contribution in [2.75, 3.05) is 36.6 Å². The van der Waals surface area contributed by atoms with Crippen molar-refractivity contribution in [3.63, 3.8) is 0 Å². The molecule has 0 aliphatic heterocycles. The molecule has 3 aromatic rings. The zero-order valence-corrected chi connectivity index (χ0v) is 20.5. The molecule has 0 heterocycles. The highest BCUT2D eigenvalue weighted by molar-refractivity contribution is 7.98. The Morgan fingerprint density at radius 3 is 2.33 bits per heavy atom. The fourth-order valence-electron chi connectivity index (χ4n) is 3.20. The van der Waals surface area contributed by atoms with E-state index in [1.54, 1.807) is 36.4 Å². The minimum Gasteiger partial charge on any atom is -0.497 e. The first-order valence-corrected chi connectivity index (χ1v) is 12.7. The number of carbonyl (C=O) groups is 1. The summed E-state index contributed by atoms with van der Waals surface area (Å²) in [5, 5.41) is 2.82. The van der Waals surface area contributed by atoms with Crippen LogP contribution >= 0.6 is 11.8 Å². The van der Waals surface area contributed by atoms with Crippen molar-refractivity contribution in [1.29, 1.82) is 0 Å². The molecule has 0 radical (unpaired) electrons. The summed E-state index contributed by atoms with van der Waals surface area (Å²) in [6, 6.07) is 18.6. The second-order valence-corrected chi connectivity index (χ2v) is 9.82. The van der Waals surface area contributed by atoms with Crippen LogP contribution in [0.3, 0.4) is 0 Å². The van der Waals surface area contributed by atoms with Crippen LogP contribution in [0.5, 0.6) is 11.5 Å². The van der Waals surface area contributed by atoms with Crippen LogP contribution in [0.1, 0.15) is 5.56 Å². The number of amides is 1. The molecule has 0 saturated carbocycles. The molecular weight excluding hydrogens is 460 g/mol. The molecule has 3 aromatic carbocycles. The number of sulfonamides is 1. The molecule has 7 nitrogen and oxygen atoms in total. The third kappa shape index (κ3) is 5.61. The van der Waals surface area contributed by atoms with Gasteiger partial charge in [-0.3, -0.25) is 9.10 Å². The fourth-order valence-corrected chi connectivity index (χ4v) is 5.18. The smallest absolute Gasteiger partial charge is 0.264 e. The fraction of sp³-hybridized carbons (Fsp3) is 0.208. The van der Waals surface area contributed by atoms with E-state index in [-0.39, 0.29) is 16.3 Å². The number of rotatable bonds is 9. The lowest BCUT2D eigenvalue weighted by Gasteiger charge is -2.26. The lowest BCUT2D eigenvalue weighted by molar-refractivity contribution is -0.114. The van der Waals surface area contributed by atoms with E-state index in [9.17, 15) is 13.2 Å². The Balaban J connectivity index is 2.04. The number of nitrogens with one attached hydrogen (secondary N) is 1. The van der Waals surface area contributed by atoms with Crippen molar-refractivity contribution >= 4 is 39.1 Å². The Bertz CT molecular complexity index is 1230. The van der Waals surface area contributed by atoms with E-state index in [1.165, 1.54) is 38.1 Å². The summed E-state index contributed by atoms with van der Waals surface area (Å²) in [6.07, 6.45) is 1.90. The number of anilines is 2. The molecule has 0 aliphatic rings. The lowest BCUT2D eigenvalue weighted by Crippen LogP contribution is -2.38. The van der Waals surface area contributed by atoms with Crippen LogP contribution in [-0.2, 0) is 14.8 Å². The number of para-hydroxylation sites is 1. The van der Waals surface area contributed by atoms with Gasteiger partial charge in [-0.15, -0.1) is 11.8 Å². The Labute approximate surface area is 198 Å². The normalized spacial score (nSPS) is 11.0. The molecule has 0 saturated heterocycles. The van der Waals surface area contributed by atoms with Crippen molar-refractivity contribution < 1.29 is 22.7 Å². The number of ether oxygens (including phenoxy) is 2. The first-order chi connectivity index (χ1) is 15.8. The van der Waals surface area contributed by atoms with E-state index in [1.807, 2.05) is 31.4 Å². The molecule has 0 aromatic heterocycles. The van der Waals surface area contributed by atoms with Crippen LogP contribution in [0.2, 0.25) is 0 Å². The molecule has 0 spiro atoms. The highest BCUT2D eigenvalue weighted by atomic mass is 32.2. The summed E-state index contributed by atoms with van der Waals surface area (Å²) in [4.78, 5) is 14.0. The number of benzene rings is 3. The third-order valence-corrected chi connectivity index (χ3v) is 7.50. The van der Waals surface area contributed by atoms with Gasteiger partial charge in [0, 0.05) is 11.0 Å². The molecule has 1 amide bonds. The Kier molecular flexibility index (Phi) is 7.88. The van der Waals surface area contributed by atoms with E-state index in [0.717, 1.165) is 14.8 Å². The minimum atomic E-state index is -4.08. The topological polar surface area (TPSA) is 84.9 Å². The predicted octanol–water partition coefficient (Wildman–Crippen LogP) is 4.57. The highest BCUT2D eigenvalue weighted by Gasteiger charge is 2.30. The zero-order chi connectivity index (χ0) is 24.0. The molecule has 3 rings (SSSR count). The molecule has 0 fully saturated rings. The molecule has 0 unspecified atom stereocenters. The van der Waals surface area contributed by atoms with Gasteiger partial charge in [-0.2, -0.15) is 0 Å². The van der Waals surface area contributed by atoms with Gasteiger partial charge in [-0.1, -0.05) is 29.8 Å². The molecule has 0 bridgehead atoms. The number of aryl methyl sites for hydroxylation is 1. The number of nitrogens with zero attached hydrogens (tertiary/aromatic N) is 1. The average molecular weight is 487 g/mol. The average Bonchev–Trinajstić information content (AvgIpc) is 2.82. The van der Waals surface area contributed by atoms with Crippen LogP contribution in [0.15, 0.2) is 76.5 Å². The van der Waals surface area contributed by atoms with E-state index >= 15 is 0 Å². The summed E-state index contributed by atoms with van der Waals surface area (Å²) in [5.41, 5.74) is 1.77. The lowest BCUT2D eigenvalue weighted by atomic mass is 10.2. The van der Waals surface area contributed by atoms with Gasteiger partial charge in [0.2, 0.25) is 5.91 Å². The number of hydrogen-bond acceptors (Lipinski definition) is 6. The quantitative estimate of drug-likeness (QED) is 0.446. The molecule has 9 heteroatoms. The second kappa shape index (κ2) is 10.6. The summed E-state index contributed by atoms with van der Waals surface area (Å²) in [5.74, 6) is 0.286. The van der Waals surface area contributed by atoms with E-state index in [0.29, 0.717) is 11.4 Å². The molecule has 0 aliphatic carbocycles. The van der Waals surface area contributed by atoms with Gasteiger partial charge < -0.3 is 14.8 Å². The van der Waals surface area contributed by atoms with Crippen molar-refractivity contribution in [3.8, 4) is 11.5 Å². The van der Waals surface area contributed by atoms with Gasteiger partial charge in [-0.25, -0.2) is 8.42 Å². The van der Waals surface area contributed by atoms with Crippen LogP contribution in [0, 0.1) is 6.92 Å². The van der Waals surface area contributed by atoms with Crippen molar-refractivity contribution in [3.05, 3.63) is 72.3 Å². The maximum absolute atomic E-state index is 13.6. The number of methoxy groups -OCH3 is 2. The summed E-state index contributed by atoms with van der Waals surface area (Å²) < 4.78 is 39.0. The van der Waals surface area contributed by atoms with Crippen LogP contribution in [0.25, 0.3) is 0 Å². The Hall–Kier alpha value is -3.17. The van der Waals surface area contributed by atoms with Crippen molar-refractivity contribution in [2.24, 2.45) is 0 Å². The largest absolute Gasteiger partial charge is 0.497 e. The van der Waals surface area contributed by atoms with E-state index in [2.05, 4.69) is 5.32 Å². The van der Waals surface area contributed by atoms with Gasteiger partial charge in [0.15, 0.2) is 0 Å². The number of thioether (sulfide) groups is 1. The predicted molar refractivity (Wildman–Crippen MR) is 132 cm³/mol. The number of carbonyl (C=O) groups excluding carboxylic acids is 1. The molecular formula is C24H26N2O5S2. The Morgan fingerprint density at radius 2 is 1.70 bits per heavy atom. The highest BCUT2D eigenvalue weighted by Crippen LogP contribution is 2.35. The Morgan fingerprint density at radius 1 is 1.00 bits per heavy atom. The maximum Gasteiger partial charge on any atom is 0.264 e. The standard InChI is InChI=1S/C24H26N2O5S2/c1-17-9-12-19(13-10-17)33(28,29)26(21-14-11-18(30-2)15-22(21)31-3)16-24(27)25-20-7-5-6-8-23(20)32-4/h5-15H,16H2,1-4H3,(H,25,27). The van der Waals surface area contributed by atoms with E-state index < -0.39 is 22.5 Å². The van der Waals surface area contributed by atoms with Gasteiger partial charge >= 0.3 is 0 Å². The maximum atomic E-state index is 13.6. The third-order valence-electron chi connectivity index (χ3n) is 4.93. The van der Waals surface area contributed by atoms with Gasteiger partial charge in [-0.05, 0) is 49.6 Å². The number of hydrogen-bond donors (Lipinski definition) is 1. The first kappa shape index (κ1) is 24.5. The molecule has 33 heavy (non-hydrogen) atoms. The molecule has 174 valence electrons. The summed E-state index contributed by atoms with van der Waals surface area (Å²) >= 11 is 1.49. The van der Waals surface area contributed by atoms with Gasteiger partial charge in [0.25, 0.3) is 10.0 Å². The first-order valence-electron chi connectivity index (χ1n) is 10.0. The van der Waals surface area contributed by atoms with Crippen LogP contribution in [-0.4, -0.2) is 41.3 Å². The monoisotopic (exact) mass is 486 g/mol. The van der Waals surface area contributed by atoms with Crippen molar-refractivity contribution in [1.82, 2.24) is 0 Å². The van der Waals surface area contributed by atoms with Gasteiger partial charge in [0.1, 0.15) is 18.0 Å². The van der Waals surface area contributed by atoms with Crippen molar-refractivity contribution in [2.45, 2.75) is 16.7 Å². The van der Waals surface area contributed by atoms with Gasteiger partial charge in [0.05, 0.1) is 30.5 Å². The molecule has 0 atom stereocenters. The van der Waals surface area contributed by atoms with Crippen LogP contribution < -0.4 is 19.1 Å². The summed E-state index contributed by atoms with van der Waals surface area (Å²) in [6.45, 7) is 1.43. The van der Waals surface area contributed by atoms with E-state index in [4.69, 9.17) is 9.47 Å². The molecule has 1 N–H and O–H groups in total. The second-order valence-electron chi connectivity index (χ2n) is 7.11.